The minimum Gasteiger partial charge on any atom is -0.493 e. The normalized spacial score (nSPS) is 11.9. The van der Waals surface area contributed by atoms with E-state index in [4.69, 9.17) is 16.3 Å². The van der Waals surface area contributed by atoms with Crippen LogP contribution in [0.3, 0.4) is 0 Å². The van der Waals surface area contributed by atoms with E-state index in [1.165, 1.54) is 0 Å². The Hall–Kier alpha value is -2.02. The van der Waals surface area contributed by atoms with Gasteiger partial charge in [0.1, 0.15) is 5.75 Å². The minimum absolute atomic E-state index is 0.289. The molecule has 7 heteroatoms. The second-order valence-corrected chi connectivity index (χ2v) is 9.41. The maximum atomic E-state index is 12.9. The molecule has 0 aliphatic carbocycles. The Morgan fingerprint density at radius 2 is 1.90 bits per heavy atom. The Labute approximate surface area is 177 Å². The zero-order valence-electron chi connectivity index (χ0n) is 17.2. The summed E-state index contributed by atoms with van der Waals surface area (Å²) in [7, 11) is -3.62. The third kappa shape index (κ3) is 4.60. The van der Waals surface area contributed by atoms with Crippen LogP contribution in [-0.4, -0.2) is 26.6 Å². The highest BCUT2D eigenvalue weighted by Gasteiger charge is 2.19. The molecule has 0 unspecified atom stereocenters. The third-order valence-corrected chi connectivity index (χ3v) is 6.91. The summed E-state index contributed by atoms with van der Waals surface area (Å²) < 4.78 is 34.2. The quantitative estimate of drug-likeness (QED) is 0.520. The fourth-order valence-corrected chi connectivity index (χ4v) is 5.06. The Balaban J connectivity index is 1.77. The predicted molar refractivity (Wildman–Crippen MR) is 119 cm³/mol. The predicted octanol–water partition coefficient (Wildman–Crippen LogP) is 5.06. The molecule has 0 aliphatic rings. The van der Waals surface area contributed by atoms with Crippen LogP contribution in [-0.2, 0) is 16.4 Å². The van der Waals surface area contributed by atoms with Crippen LogP contribution in [0.2, 0.25) is 5.02 Å². The molecule has 0 saturated heterocycles. The van der Waals surface area contributed by atoms with E-state index in [0.717, 1.165) is 39.9 Å². The number of sulfonamides is 1. The lowest BCUT2D eigenvalue weighted by atomic mass is 10.1. The maximum absolute atomic E-state index is 12.9. The number of halogens is 1. The van der Waals surface area contributed by atoms with Crippen LogP contribution in [0.4, 0.5) is 0 Å². The van der Waals surface area contributed by atoms with Crippen LogP contribution in [0.5, 0.6) is 5.75 Å². The Morgan fingerprint density at radius 3 is 2.62 bits per heavy atom. The molecule has 0 fully saturated rings. The van der Waals surface area contributed by atoms with Crippen LogP contribution in [0.15, 0.2) is 35.2 Å². The van der Waals surface area contributed by atoms with E-state index in [1.807, 2.05) is 39.0 Å². The van der Waals surface area contributed by atoms with Gasteiger partial charge in [-0.2, -0.15) is 0 Å². The number of aromatic nitrogens is 1. The molecule has 1 heterocycles. The first kappa shape index (κ1) is 21.7. The number of para-hydroxylation sites is 1. The molecule has 156 valence electrons. The van der Waals surface area contributed by atoms with Crippen LogP contribution in [0, 0.1) is 20.8 Å². The first-order valence-electron chi connectivity index (χ1n) is 9.74. The molecule has 0 saturated carbocycles. The summed E-state index contributed by atoms with van der Waals surface area (Å²) in [4.78, 5) is 3.58. The van der Waals surface area contributed by atoms with E-state index >= 15 is 0 Å². The van der Waals surface area contributed by atoms with Crippen molar-refractivity contribution in [2.24, 2.45) is 0 Å². The topological polar surface area (TPSA) is 71.2 Å². The molecule has 1 aromatic heterocycles. The zero-order chi connectivity index (χ0) is 21.2. The van der Waals surface area contributed by atoms with Gasteiger partial charge in [-0.25, -0.2) is 13.1 Å². The van der Waals surface area contributed by atoms with Crippen molar-refractivity contribution in [3.05, 3.63) is 57.7 Å². The standard InChI is InChI=1S/C22H27ClN2O3S/c1-5-11-28-20-12-15(3)21(13-14(20)2)29(26,27)24-10-9-17-16(4)25-22-18(17)7-6-8-19(22)23/h6-8,12-13,24-25H,5,9-11H2,1-4H3. The molecule has 0 radical (unpaired) electrons. The summed E-state index contributed by atoms with van der Waals surface area (Å²) in [5.74, 6) is 0.731. The number of aromatic amines is 1. The van der Waals surface area contributed by atoms with Gasteiger partial charge < -0.3 is 9.72 Å². The SMILES string of the molecule is CCCOc1cc(C)c(S(=O)(=O)NCCc2c(C)[nH]c3c(Cl)cccc23)cc1C. The first-order chi connectivity index (χ1) is 13.7. The number of fused-ring (bicyclic) bond motifs is 1. The van der Waals surface area contributed by atoms with Gasteiger partial charge in [-0.3, -0.25) is 0 Å². The van der Waals surface area contributed by atoms with Crippen molar-refractivity contribution < 1.29 is 13.2 Å². The Kier molecular flexibility index (Phi) is 6.56. The van der Waals surface area contributed by atoms with Gasteiger partial charge in [0, 0.05) is 17.6 Å². The lowest BCUT2D eigenvalue weighted by Crippen LogP contribution is -2.27. The maximum Gasteiger partial charge on any atom is 0.240 e. The molecular formula is C22H27ClN2O3S. The highest BCUT2D eigenvalue weighted by atomic mass is 35.5. The minimum atomic E-state index is -3.62. The molecule has 0 bridgehead atoms. The Bertz CT molecular complexity index is 1140. The molecule has 3 rings (SSSR count). The first-order valence-corrected chi connectivity index (χ1v) is 11.6. The van der Waals surface area contributed by atoms with E-state index < -0.39 is 10.0 Å². The van der Waals surface area contributed by atoms with Crippen molar-refractivity contribution in [3.8, 4) is 5.75 Å². The fraction of sp³-hybridized carbons (Fsp3) is 0.364. The number of ether oxygens (including phenoxy) is 1. The summed E-state index contributed by atoms with van der Waals surface area (Å²) >= 11 is 6.25. The van der Waals surface area contributed by atoms with Gasteiger partial charge in [0.15, 0.2) is 0 Å². The van der Waals surface area contributed by atoms with Gasteiger partial charge in [-0.15, -0.1) is 0 Å². The number of hydrogen-bond donors (Lipinski definition) is 2. The molecule has 3 aromatic rings. The average Bonchev–Trinajstić information content (AvgIpc) is 2.99. The molecule has 2 N–H and O–H groups in total. The van der Waals surface area contributed by atoms with Gasteiger partial charge in [0.2, 0.25) is 10.0 Å². The highest BCUT2D eigenvalue weighted by molar-refractivity contribution is 7.89. The molecule has 5 nitrogen and oxygen atoms in total. The van der Waals surface area contributed by atoms with Crippen LogP contribution >= 0.6 is 11.6 Å². The van der Waals surface area contributed by atoms with Gasteiger partial charge in [-0.1, -0.05) is 30.7 Å². The van der Waals surface area contributed by atoms with E-state index in [0.29, 0.717) is 30.2 Å². The van der Waals surface area contributed by atoms with Crippen molar-refractivity contribution in [1.82, 2.24) is 9.71 Å². The van der Waals surface area contributed by atoms with Crippen LogP contribution < -0.4 is 9.46 Å². The van der Waals surface area contributed by atoms with Crippen LogP contribution in [0.25, 0.3) is 10.9 Å². The van der Waals surface area contributed by atoms with Crippen LogP contribution in [0.1, 0.15) is 35.7 Å². The Morgan fingerprint density at radius 1 is 1.14 bits per heavy atom. The van der Waals surface area contributed by atoms with Gasteiger partial charge in [0.25, 0.3) is 0 Å². The largest absolute Gasteiger partial charge is 0.493 e. The smallest absolute Gasteiger partial charge is 0.240 e. The van der Waals surface area contributed by atoms with Gasteiger partial charge >= 0.3 is 0 Å². The number of rotatable bonds is 8. The lowest BCUT2D eigenvalue weighted by Gasteiger charge is -2.14. The number of nitrogens with one attached hydrogen (secondary N) is 2. The number of aryl methyl sites for hydroxylation is 3. The molecule has 2 aromatic carbocycles. The summed E-state index contributed by atoms with van der Waals surface area (Å²) in [6.07, 6.45) is 1.47. The summed E-state index contributed by atoms with van der Waals surface area (Å²) in [6.45, 7) is 8.58. The van der Waals surface area contributed by atoms with Crippen molar-refractivity contribution >= 4 is 32.5 Å². The second-order valence-electron chi connectivity index (χ2n) is 7.27. The van der Waals surface area contributed by atoms with E-state index in [-0.39, 0.29) is 4.90 Å². The van der Waals surface area contributed by atoms with Gasteiger partial charge in [0.05, 0.1) is 22.0 Å². The summed E-state index contributed by atoms with van der Waals surface area (Å²) in [5.41, 5.74) is 4.44. The van der Waals surface area contributed by atoms with Crippen molar-refractivity contribution in [3.63, 3.8) is 0 Å². The average molecular weight is 435 g/mol. The molecule has 0 amide bonds. The monoisotopic (exact) mass is 434 g/mol. The molecular weight excluding hydrogens is 408 g/mol. The summed E-state index contributed by atoms with van der Waals surface area (Å²) in [6, 6.07) is 9.22. The number of benzene rings is 2. The number of hydrogen-bond acceptors (Lipinski definition) is 3. The second kappa shape index (κ2) is 8.78. The van der Waals surface area contributed by atoms with Gasteiger partial charge in [-0.05, 0) is 68.5 Å². The molecule has 29 heavy (non-hydrogen) atoms. The van der Waals surface area contributed by atoms with Crippen molar-refractivity contribution in [2.75, 3.05) is 13.2 Å². The third-order valence-electron chi connectivity index (χ3n) is 4.99. The van der Waals surface area contributed by atoms with E-state index in [2.05, 4.69) is 9.71 Å². The van der Waals surface area contributed by atoms with E-state index in [1.54, 1.807) is 19.1 Å². The molecule has 0 spiro atoms. The zero-order valence-corrected chi connectivity index (χ0v) is 18.8. The summed E-state index contributed by atoms with van der Waals surface area (Å²) in [5, 5.41) is 1.69. The number of H-pyrrole nitrogens is 1. The van der Waals surface area contributed by atoms with Crippen molar-refractivity contribution in [1.29, 1.82) is 0 Å². The molecule has 0 atom stereocenters. The lowest BCUT2D eigenvalue weighted by molar-refractivity contribution is 0.315. The highest BCUT2D eigenvalue weighted by Crippen LogP contribution is 2.29. The van der Waals surface area contributed by atoms with Crippen molar-refractivity contribution in [2.45, 2.75) is 45.4 Å². The molecule has 0 aliphatic heterocycles. The fourth-order valence-electron chi connectivity index (χ4n) is 3.50. The van der Waals surface area contributed by atoms with E-state index in [9.17, 15) is 8.42 Å².